The van der Waals surface area contributed by atoms with Gasteiger partial charge >= 0.3 is 5.97 Å². The minimum Gasteiger partial charge on any atom is -0.496 e. The lowest BCUT2D eigenvalue weighted by Crippen LogP contribution is -2.35. The summed E-state index contributed by atoms with van der Waals surface area (Å²) in [6.45, 7) is 0.142. The number of hydrogen-bond donors (Lipinski definition) is 1. The van der Waals surface area contributed by atoms with E-state index in [9.17, 15) is 18.0 Å². The third-order valence-electron chi connectivity index (χ3n) is 4.71. The van der Waals surface area contributed by atoms with Crippen LogP contribution in [0.3, 0.4) is 0 Å². The second-order valence-electron chi connectivity index (χ2n) is 6.76. The molecule has 2 aliphatic heterocycles. The Morgan fingerprint density at radius 2 is 2.03 bits per heavy atom. The van der Waals surface area contributed by atoms with Crippen LogP contribution in [-0.2, 0) is 26.1 Å². The topological polar surface area (TPSA) is 114 Å². The molecule has 0 saturated carbocycles. The van der Waals surface area contributed by atoms with Crippen molar-refractivity contribution in [3.8, 4) is 5.75 Å². The third kappa shape index (κ3) is 4.67. The molecule has 0 aliphatic carbocycles. The monoisotopic (exact) mass is 461 g/mol. The zero-order valence-electron chi connectivity index (χ0n) is 16.5. The molecule has 2 aliphatic rings. The van der Waals surface area contributed by atoms with E-state index in [-0.39, 0.29) is 17.9 Å². The predicted molar refractivity (Wildman–Crippen MR) is 116 cm³/mol. The average molecular weight is 462 g/mol. The molecule has 1 N–H and O–H groups in total. The molecular weight excluding hydrogens is 442 g/mol. The molecule has 0 unspecified atom stereocenters. The van der Waals surface area contributed by atoms with Gasteiger partial charge in [0, 0.05) is 23.5 Å². The molecule has 0 fully saturated rings. The van der Waals surface area contributed by atoms with Crippen molar-refractivity contribution in [3.63, 3.8) is 0 Å². The number of fused-ring (bicyclic) bond motifs is 3. The molecule has 1 amide bonds. The fraction of sp³-hybridized carbons (Fsp3) is 0.250. The number of para-hydroxylation sites is 1. The van der Waals surface area contributed by atoms with E-state index >= 15 is 0 Å². The number of esters is 1. The number of methoxy groups -OCH3 is 1. The first-order valence-corrected chi connectivity index (χ1v) is 11.8. The summed E-state index contributed by atoms with van der Waals surface area (Å²) < 4.78 is 37.5. The van der Waals surface area contributed by atoms with Crippen molar-refractivity contribution in [1.29, 1.82) is 0 Å². The van der Waals surface area contributed by atoms with Gasteiger partial charge in [-0.2, -0.15) is 0 Å². The third-order valence-corrected chi connectivity index (χ3v) is 7.02. The predicted octanol–water partition coefficient (Wildman–Crippen LogP) is 1.78. The van der Waals surface area contributed by atoms with Crippen LogP contribution < -0.4 is 15.0 Å². The maximum Gasteiger partial charge on any atom is 0.338 e. The van der Waals surface area contributed by atoms with Crippen LogP contribution in [0, 0.1) is 0 Å². The Kier molecular flexibility index (Phi) is 5.88. The van der Waals surface area contributed by atoms with E-state index in [0.29, 0.717) is 22.4 Å². The SMILES string of the molecule is COc1ccccc1CNC(=O)COC(=O)c1ccc2c(c1)SC1=NS(=O)(=O)CCN12. The van der Waals surface area contributed by atoms with E-state index < -0.39 is 28.5 Å². The van der Waals surface area contributed by atoms with Crippen molar-refractivity contribution in [1.82, 2.24) is 5.32 Å². The van der Waals surface area contributed by atoms with E-state index in [1.54, 1.807) is 31.4 Å². The van der Waals surface area contributed by atoms with Gasteiger partial charge in [-0.05, 0) is 36.0 Å². The number of carbonyl (C=O) groups is 2. The Morgan fingerprint density at radius 1 is 1.23 bits per heavy atom. The zero-order chi connectivity index (χ0) is 22.0. The largest absolute Gasteiger partial charge is 0.496 e. The minimum absolute atomic E-state index is 0.0513. The van der Waals surface area contributed by atoms with Crippen LogP contribution in [0.5, 0.6) is 5.75 Å². The Labute approximate surface area is 183 Å². The fourth-order valence-electron chi connectivity index (χ4n) is 3.17. The van der Waals surface area contributed by atoms with E-state index in [0.717, 1.165) is 11.3 Å². The number of thioether (sulfide) groups is 1. The van der Waals surface area contributed by atoms with Gasteiger partial charge in [-0.3, -0.25) is 4.79 Å². The standard InChI is InChI=1S/C20H19N3O6S2/c1-28-16-5-3-2-4-14(16)11-21-18(24)12-29-19(25)13-6-7-15-17(10-13)30-20-22-31(26,27)9-8-23(15)20/h2-7,10H,8-9,11-12H2,1H3,(H,21,24). The smallest absolute Gasteiger partial charge is 0.338 e. The van der Waals surface area contributed by atoms with Crippen LogP contribution >= 0.6 is 11.8 Å². The summed E-state index contributed by atoms with van der Waals surface area (Å²) >= 11 is 1.19. The molecule has 0 saturated heterocycles. The summed E-state index contributed by atoms with van der Waals surface area (Å²) in [5.74, 6) is -0.476. The van der Waals surface area contributed by atoms with Gasteiger partial charge in [0.05, 0.1) is 24.1 Å². The van der Waals surface area contributed by atoms with Crippen molar-refractivity contribution in [2.24, 2.45) is 4.40 Å². The highest BCUT2D eigenvalue weighted by Gasteiger charge is 2.33. The average Bonchev–Trinajstić information content (AvgIpc) is 3.11. The lowest BCUT2D eigenvalue weighted by Gasteiger charge is -2.22. The molecule has 0 atom stereocenters. The van der Waals surface area contributed by atoms with Crippen molar-refractivity contribution >= 4 is 44.5 Å². The van der Waals surface area contributed by atoms with Crippen LogP contribution in [0.15, 0.2) is 51.8 Å². The molecule has 0 bridgehead atoms. The number of nitrogens with one attached hydrogen (secondary N) is 1. The number of nitrogens with zero attached hydrogens (tertiary/aromatic N) is 2. The fourth-order valence-corrected chi connectivity index (χ4v) is 5.46. The molecular formula is C20H19N3O6S2. The van der Waals surface area contributed by atoms with Gasteiger partial charge < -0.3 is 19.7 Å². The molecule has 0 aromatic heterocycles. The second-order valence-corrected chi connectivity index (χ2v) is 9.52. The molecule has 9 nitrogen and oxygen atoms in total. The Morgan fingerprint density at radius 3 is 2.84 bits per heavy atom. The second kappa shape index (κ2) is 8.60. The van der Waals surface area contributed by atoms with Gasteiger partial charge in [0.2, 0.25) is 0 Å². The van der Waals surface area contributed by atoms with Crippen molar-refractivity contribution < 1.29 is 27.5 Å². The normalized spacial score (nSPS) is 16.0. The molecule has 2 aromatic carbocycles. The summed E-state index contributed by atoms with van der Waals surface area (Å²) in [5.41, 5.74) is 1.87. The van der Waals surface area contributed by atoms with E-state index in [4.69, 9.17) is 9.47 Å². The first-order valence-electron chi connectivity index (χ1n) is 9.34. The highest BCUT2D eigenvalue weighted by atomic mass is 32.2. The number of benzene rings is 2. The Hall–Kier alpha value is -3.05. The van der Waals surface area contributed by atoms with E-state index in [1.165, 1.54) is 11.8 Å². The van der Waals surface area contributed by atoms with E-state index in [2.05, 4.69) is 9.71 Å². The Bertz CT molecular complexity index is 1180. The van der Waals surface area contributed by atoms with Crippen molar-refractivity contribution in [2.75, 3.05) is 30.9 Å². The molecule has 2 aromatic rings. The van der Waals surface area contributed by atoms with Crippen LogP contribution in [0.4, 0.5) is 5.69 Å². The molecule has 11 heteroatoms. The summed E-state index contributed by atoms with van der Waals surface area (Å²) in [6.07, 6.45) is 0. The summed E-state index contributed by atoms with van der Waals surface area (Å²) in [5, 5.41) is 3.06. The van der Waals surface area contributed by atoms with Gasteiger partial charge in [0.25, 0.3) is 15.9 Å². The summed E-state index contributed by atoms with van der Waals surface area (Å²) in [7, 11) is -1.90. The van der Waals surface area contributed by atoms with Crippen LogP contribution in [0.1, 0.15) is 15.9 Å². The zero-order valence-corrected chi connectivity index (χ0v) is 18.2. The number of carbonyl (C=O) groups excluding carboxylic acids is 2. The molecule has 0 radical (unpaired) electrons. The van der Waals surface area contributed by atoms with Crippen LogP contribution in [-0.4, -0.2) is 51.5 Å². The molecule has 162 valence electrons. The number of amidine groups is 1. The first kappa shape index (κ1) is 21.2. The Balaban J connectivity index is 1.34. The lowest BCUT2D eigenvalue weighted by atomic mass is 10.2. The summed E-state index contributed by atoms with van der Waals surface area (Å²) in [4.78, 5) is 26.9. The maximum atomic E-state index is 12.4. The van der Waals surface area contributed by atoms with Gasteiger partial charge in [-0.1, -0.05) is 18.2 Å². The van der Waals surface area contributed by atoms with Gasteiger partial charge in [-0.15, -0.1) is 4.40 Å². The molecule has 4 rings (SSSR count). The van der Waals surface area contributed by atoms with Crippen LogP contribution in [0.2, 0.25) is 0 Å². The van der Waals surface area contributed by atoms with Gasteiger partial charge in [0.15, 0.2) is 11.8 Å². The first-order chi connectivity index (χ1) is 14.9. The number of anilines is 1. The maximum absolute atomic E-state index is 12.4. The van der Waals surface area contributed by atoms with Crippen molar-refractivity contribution in [2.45, 2.75) is 11.4 Å². The number of hydrogen-bond acceptors (Lipinski definition) is 8. The molecule has 2 heterocycles. The highest BCUT2D eigenvalue weighted by molar-refractivity contribution is 8.15. The number of sulfonamides is 1. The van der Waals surface area contributed by atoms with Crippen LogP contribution in [0.25, 0.3) is 0 Å². The van der Waals surface area contributed by atoms with Gasteiger partial charge in [-0.25, -0.2) is 13.2 Å². The summed E-state index contributed by atoms with van der Waals surface area (Å²) in [6, 6.07) is 12.2. The lowest BCUT2D eigenvalue weighted by molar-refractivity contribution is -0.124. The number of amides is 1. The number of rotatable bonds is 6. The molecule has 0 spiro atoms. The molecule has 31 heavy (non-hydrogen) atoms. The van der Waals surface area contributed by atoms with Gasteiger partial charge in [0.1, 0.15) is 5.75 Å². The van der Waals surface area contributed by atoms with E-state index in [1.807, 2.05) is 23.1 Å². The quantitative estimate of drug-likeness (QED) is 0.648. The number of ether oxygens (including phenoxy) is 2. The highest BCUT2D eigenvalue weighted by Crippen LogP contribution is 2.42. The minimum atomic E-state index is -3.45. The van der Waals surface area contributed by atoms with Crippen molar-refractivity contribution in [3.05, 3.63) is 53.6 Å².